The second kappa shape index (κ2) is 8.93. The quantitative estimate of drug-likeness (QED) is 0.512. The average Bonchev–Trinajstić information content (AvgIpc) is 2.69. The second-order valence-corrected chi connectivity index (χ2v) is 6.45. The van der Waals surface area contributed by atoms with E-state index in [9.17, 15) is 5.11 Å². The Bertz CT molecular complexity index is 731. The van der Waals surface area contributed by atoms with Crippen LogP contribution in [0.25, 0.3) is 11.0 Å². The van der Waals surface area contributed by atoms with E-state index in [4.69, 9.17) is 0 Å². The Morgan fingerprint density at radius 1 is 0.885 bits per heavy atom. The first-order chi connectivity index (χ1) is 12.5. The number of rotatable bonds is 10. The minimum absolute atomic E-state index is 0.527. The third-order valence-corrected chi connectivity index (χ3v) is 4.75. The molecule has 8 nitrogen and oxygen atoms in total. The smallest absolute Gasteiger partial charge is 0.225 e. The van der Waals surface area contributed by atoms with Crippen LogP contribution in [0.5, 0.6) is 0 Å². The van der Waals surface area contributed by atoms with Crippen molar-refractivity contribution in [3.05, 3.63) is 5.69 Å². The molecule has 26 heavy (non-hydrogen) atoms. The second-order valence-electron chi connectivity index (χ2n) is 6.45. The van der Waals surface area contributed by atoms with Gasteiger partial charge in [-0.2, -0.15) is 4.98 Å². The highest BCUT2D eigenvalue weighted by Gasteiger charge is 2.24. The van der Waals surface area contributed by atoms with Crippen LogP contribution in [0, 0.1) is 0 Å². The minimum atomic E-state index is -0.681. The van der Waals surface area contributed by atoms with Gasteiger partial charge >= 0.3 is 0 Å². The minimum Gasteiger partial charge on any atom is -0.390 e. The number of hydrogen-bond donors (Lipinski definition) is 4. The molecule has 0 fully saturated rings. The van der Waals surface area contributed by atoms with Crippen molar-refractivity contribution in [3.8, 4) is 0 Å². The Labute approximate surface area is 155 Å². The van der Waals surface area contributed by atoms with Crippen LogP contribution in [0.15, 0.2) is 0 Å². The molecule has 0 aliphatic heterocycles. The van der Waals surface area contributed by atoms with Gasteiger partial charge in [-0.1, -0.05) is 20.8 Å². The van der Waals surface area contributed by atoms with E-state index < -0.39 is 5.60 Å². The van der Waals surface area contributed by atoms with Crippen LogP contribution in [-0.2, 0) is 6.42 Å². The third kappa shape index (κ3) is 4.49. The van der Waals surface area contributed by atoms with Crippen molar-refractivity contribution in [2.45, 2.75) is 58.5 Å². The number of nitrogens with one attached hydrogen (secondary N) is 3. The summed E-state index contributed by atoms with van der Waals surface area (Å²) in [6.45, 7) is 6.92. The molecule has 8 heteroatoms. The zero-order valence-corrected chi connectivity index (χ0v) is 16.5. The summed E-state index contributed by atoms with van der Waals surface area (Å²) in [7, 11) is 3.58. The number of nitrogens with zero attached hydrogens (tertiary/aromatic N) is 4. The zero-order chi connectivity index (χ0) is 19.2. The maximum absolute atomic E-state index is 10.6. The maximum Gasteiger partial charge on any atom is 0.225 e. The third-order valence-electron chi connectivity index (χ3n) is 4.75. The Hall–Kier alpha value is -2.22. The molecule has 0 bridgehead atoms. The highest BCUT2D eigenvalue weighted by atomic mass is 16.3. The molecule has 0 aromatic carbocycles. The summed E-state index contributed by atoms with van der Waals surface area (Å²) < 4.78 is 0. The molecule has 0 unspecified atom stereocenters. The molecule has 0 aliphatic rings. The largest absolute Gasteiger partial charge is 0.390 e. The molecule has 4 N–H and O–H groups in total. The van der Waals surface area contributed by atoms with E-state index >= 15 is 0 Å². The summed E-state index contributed by atoms with van der Waals surface area (Å²) in [5.74, 6) is 1.76. The molecular weight excluding hydrogens is 330 g/mol. The van der Waals surface area contributed by atoms with Crippen molar-refractivity contribution in [1.29, 1.82) is 0 Å². The monoisotopic (exact) mass is 361 g/mol. The van der Waals surface area contributed by atoms with Crippen LogP contribution in [0.1, 0.15) is 52.1 Å². The molecule has 0 spiro atoms. The standard InChI is InChI=1S/C18H31N7O/c1-6-11-21-15-14-13(23-17(20-5)25-15)12(22-16(19-4)24-14)9-10-18(26,7-2)8-3/h26H,6-11H2,1-5H3,(H,19,22,24)(H2,20,21,23,25). The van der Waals surface area contributed by atoms with Gasteiger partial charge in [0.25, 0.3) is 0 Å². The summed E-state index contributed by atoms with van der Waals surface area (Å²) in [6.07, 6.45) is 3.67. The van der Waals surface area contributed by atoms with E-state index in [1.165, 1.54) is 0 Å². The normalized spacial score (nSPS) is 11.6. The number of aryl methyl sites for hydroxylation is 1. The lowest BCUT2D eigenvalue weighted by molar-refractivity contribution is 0.0238. The van der Waals surface area contributed by atoms with Crippen LogP contribution in [0.3, 0.4) is 0 Å². The molecule has 0 saturated carbocycles. The lowest BCUT2D eigenvalue weighted by Gasteiger charge is -2.25. The molecule has 2 aromatic heterocycles. The number of aliphatic hydroxyl groups is 1. The lowest BCUT2D eigenvalue weighted by Crippen LogP contribution is -2.27. The number of fused-ring (bicyclic) bond motifs is 1. The molecule has 144 valence electrons. The van der Waals surface area contributed by atoms with Crippen molar-refractivity contribution in [1.82, 2.24) is 19.9 Å². The van der Waals surface area contributed by atoms with Crippen LogP contribution < -0.4 is 16.0 Å². The average molecular weight is 361 g/mol. The van der Waals surface area contributed by atoms with E-state index in [1.807, 2.05) is 13.8 Å². The first-order valence-electron chi connectivity index (χ1n) is 9.40. The molecule has 0 radical (unpaired) electrons. The van der Waals surface area contributed by atoms with Crippen molar-refractivity contribution in [3.63, 3.8) is 0 Å². The fourth-order valence-corrected chi connectivity index (χ4v) is 2.79. The van der Waals surface area contributed by atoms with Gasteiger partial charge in [0.1, 0.15) is 11.0 Å². The predicted molar refractivity (Wildman–Crippen MR) is 107 cm³/mol. The highest BCUT2D eigenvalue weighted by Crippen LogP contribution is 2.27. The summed E-state index contributed by atoms with van der Waals surface area (Å²) >= 11 is 0. The van der Waals surface area contributed by atoms with Crippen molar-refractivity contribution >= 4 is 28.7 Å². The van der Waals surface area contributed by atoms with Crippen LogP contribution in [0.4, 0.5) is 17.7 Å². The Kier molecular flexibility index (Phi) is 6.90. The van der Waals surface area contributed by atoms with E-state index in [1.54, 1.807) is 14.1 Å². The van der Waals surface area contributed by atoms with Crippen LogP contribution >= 0.6 is 0 Å². The fourth-order valence-electron chi connectivity index (χ4n) is 2.79. The number of anilines is 3. The van der Waals surface area contributed by atoms with E-state index in [0.29, 0.717) is 48.9 Å². The van der Waals surface area contributed by atoms with Gasteiger partial charge in [0.15, 0.2) is 5.82 Å². The predicted octanol–water partition coefficient (Wildman–Crippen LogP) is 2.81. The van der Waals surface area contributed by atoms with Gasteiger partial charge in [-0.15, -0.1) is 0 Å². The molecule has 0 aliphatic carbocycles. The topological polar surface area (TPSA) is 108 Å². The number of hydrogen-bond acceptors (Lipinski definition) is 8. The first kappa shape index (κ1) is 20.1. The number of aromatic nitrogens is 4. The van der Waals surface area contributed by atoms with Crippen LogP contribution in [-0.4, -0.2) is 51.3 Å². The van der Waals surface area contributed by atoms with E-state index in [2.05, 4.69) is 42.8 Å². The molecule has 0 amide bonds. The lowest BCUT2D eigenvalue weighted by atomic mass is 9.91. The molecule has 2 rings (SSSR count). The van der Waals surface area contributed by atoms with Crippen molar-refractivity contribution < 1.29 is 5.11 Å². The van der Waals surface area contributed by atoms with Crippen LogP contribution in [0.2, 0.25) is 0 Å². The van der Waals surface area contributed by atoms with Gasteiger partial charge in [0, 0.05) is 20.6 Å². The summed E-state index contributed by atoms with van der Waals surface area (Å²) in [5.41, 5.74) is 1.55. The van der Waals surface area contributed by atoms with Gasteiger partial charge in [0.05, 0.1) is 11.3 Å². The van der Waals surface area contributed by atoms with Gasteiger partial charge in [0.2, 0.25) is 11.9 Å². The van der Waals surface area contributed by atoms with E-state index in [0.717, 1.165) is 24.2 Å². The van der Waals surface area contributed by atoms with Gasteiger partial charge < -0.3 is 21.1 Å². The molecule has 0 atom stereocenters. The SMILES string of the molecule is CCCNc1nc(NC)nc2c(CCC(O)(CC)CC)nc(NC)nc12. The van der Waals surface area contributed by atoms with Crippen molar-refractivity contribution in [2.75, 3.05) is 36.6 Å². The van der Waals surface area contributed by atoms with Gasteiger partial charge in [-0.3, -0.25) is 0 Å². The molecular formula is C18H31N7O. The summed E-state index contributed by atoms with van der Waals surface area (Å²) in [6, 6.07) is 0. The summed E-state index contributed by atoms with van der Waals surface area (Å²) in [4.78, 5) is 18.3. The van der Waals surface area contributed by atoms with Gasteiger partial charge in [-0.25, -0.2) is 15.0 Å². The molecule has 2 aromatic rings. The maximum atomic E-state index is 10.6. The van der Waals surface area contributed by atoms with Crippen molar-refractivity contribution in [2.24, 2.45) is 0 Å². The highest BCUT2D eigenvalue weighted by molar-refractivity contribution is 5.88. The molecule has 2 heterocycles. The molecule has 0 saturated heterocycles. The van der Waals surface area contributed by atoms with E-state index in [-0.39, 0.29) is 0 Å². The Balaban J connectivity index is 2.53. The first-order valence-corrected chi connectivity index (χ1v) is 9.40. The fraction of sp³-hybridized carbons (Fsp3) is 0.667. The van der Waals surface area contributed by atoms with Gasteiger partial charge in [-0.05, 0) is 32.1 Å². The zero-order valence-electron chi connectivity index (χ0n) is 16.5. The Morgan fingerprint density at radius 2 is 1.50 bits per heavy atom. The summed E-state index contributed by atoms with van der Waals surface area (Å²) in [5, 5.41) is 20.0. The Morgan fingerprint density at radius 3 is 2.08 bits per heavy atom.